The standard InChI is InChI=1S/C13H25NO/c1-8-13(6,7)12(14-10(4)5)11(15)9(2)3/h8-10,12,14H,1H2,2-7H3/t12-/m1/s1. The lowest BCUT2D eigenvalue weighted by Gasteiger charge is -2.33. The van der Waals surface area contributed by atoms with Gasteiger partial charge in [-0.25, -0.2) is 0 Å². The predicted octanol–water partition coefficient (Wildman–Crippen LogP) is 2.79. The average molecular weight is 211 g/mol. The average Bonchev–Trinajstić information content (AvgIpc) is 2.12. The zero-order valence-corrected chi connectivity index (χ0v) is 10.9. The van der Waals surface area contributed by atoms with Crippen molar-refractivity contribution in [2.45, 2.75) is 53.6 Å². The molecule has 0 aliphatic carbocycles. The van der Waals surface area contributed by atoms with Gasteiger partial charge < -0.3 is 5.32 Å². The second kappa shape index (κ2) is 5.45. The van der Waals surface area contributed by atoms with Gasteiger partial charge in [0.25, 0.3) is 0 Å². The van der Waals surface area contributed by atoms with Gasteiger partial charge in [-0.2, -0.15) is 0 Å². The summed E-state index contributed by atoms with van der Waals surface area (Å²) in [5.41, 5.74) is -0.203. The fourth-order valence-corrected chi connectivity index (χ4v) is 1.45. The van der Waals surface area contributed by atoms with E-state index in [1.807, 2.05) is 33.8 Å². The molecule has 0 saturated carbocycles. The molecule has 0 spiro atoms. The Morgan fingerprint density at radius 1 is 1.27 bits per heavy atom. The molecule has 0 unspecified atom stereocenters. The molecule has 1 N–H and O–H groups in total. The van der Waals surface area contributed by atoms with E-state index in [9.17, 15) is 4.79 Å². The van der Waals surface area contributed by atoms with Crippen LogP contribution in [0.25, 0.3) is 0 Å². The van der Waals surface area contributed by atoms with Crippen molar-refractivity contribution in [3.63, 3.8) is 0 Å². The second-order valence-corrected chi connectivity index (χ2v) is 5.34. The van der Waals surface area contributed by atoms with Crippen LogP contribution >= 0.6 is 0 Å². The SMILES string of the molecule is C=CC(C)(C)[C@H](NC(C)C)C(=O)C(C)C. The van der Waals surface area contributed by atoms with Crippen LogP contribution in [0.1, 0.15) is 41.5 Å². The molecule has 0 aliphatic rings. The lowest BCUT2D eigenvalue weighted by atomic mass is 9.79. The van der Waals surface area contributed by atoms with Gasteiger partial charge in [-0.1, -0.05) is 47.6 Å². The van der Waals surface area contributed by atoms with Gasteiger partial charge in [0.1, 0.15) is 0 Å². The van der Waals surface area contributed by atoms with Crippen LogP contribution in [0, 0.1) is 11.3 Å². The number of hydrogen-bond donors (Lipinski definition) is 1. The van der Waals surface area contributed by atoms with E-state index in [1.165, 1.54) is 0 Å². The molecule has 0 aliphatic heterocycles. The van der Waals surface area contributed by atoms with Crippen molar-refractivity contribution >= 4 is 5.78 Å². The van der Waals surface area contributed by atoms with Crippen molar-refractivity contribution in [3.05, 3.63) is 12.7 Å². The largest absolute Gasteiger partial charge is 0.305 e. The Kier molecular flexibility index (Phi) is 5.22. The molecule has 2 nitrogen and oxygen atoms in total. The molecule has 2 heteroatoms. The smallest absolute Gasteiger partial charge is 0.153 e. The first-order valence-electron chi connectivity index (χ1n) is 5.65. The normalized spacial score (nSPS) is 14.4. The fraction of sp³-hybridized carbons (Fsp3) is 0.769. The zero-order valence-electron chi connectivity index (χ0n) is 10.9. The van der Waals surface area contributed by atoms with E-state index in [1.54, 1.807) is 0 Å². The number of carbonyl (C=O) groups is 1. The molecule has 0 aromatic rings. The first kappa shape index (κ1) is 14.4. The molecule has 1 atom stereocenters. The van der Waals surface area contributed by atoms with E-state index < -0.39 is 0 Å². The molecule has 0 rings (SSSR count). The quantitative estimate of drug-likeness (QED) is 0.684. The van der Waals surface area contributed by atoms with Crippen molar-refractivity contribution in [1.29, 1.82) is 0 Å². The highest BCUT2D eigenvalue weighted by molar-refractivity contribution is 5.86. The monoisotopic (exact) mass is 211 g/mol. The van der Waals surface area contributed by atoms with Crippen molar-refractivity contribution in [2.75, 3.05) is 0 Å². The third-order valence-electron chi connectivity index (χ3n) is 2.62. The van der Waals surface area contributed by atoms with Crippen LogP contribution < -0.4 is 5.32 Å². The van der Waals surface area contributed by atoms with Gasteiger partial charge in [0.15, 0.2) is 5.78 Å². The van der Waals surface area contributed by atoms with Crippen LogP contribution in [-0.4, -0.2) is 17.9 Å². The molecular formula is C13H25NO. The van der Waals surface area contributed by atoms with Crippen LogP contribution in [0.3, 0.4) is 0 Å². The van der Waals surface area contributed by atoms with Crippen LogP contribution in [0.2, 0.25) is 0 Å². The molecule has 0 amide bonds. The zero-order chi connectivity index (χ0) is 12.2. The number of Topliss-reactive ketones (excluding diaryl/α,β-unsaturated/α-hetero) is 1. The topological polar surface area (TPSA) is 29.1 Å². The van der Waals surface area contributed by atoms with E-state index in [0.29, 0.717) is 6.04 Å². The first-order chi connectivity index (χ1) is 6.72. The Morgan fingerprint density at radius 2 is 1.73 bits per heavy atom. The van der Waals surface area contributed by atoms with Crippen LogP contribution in [0.5, 0.6) is 0 Å². The maximum atomic E-state index is 12.1. The molecule has 0 bridgehead atoms. The Bertz CT molecular complexity index is 229. The molecule has 0 saturated heterocycles. The minimum Gasteiger partial charge on any atom is -0.305 e. The highest BCUT2D eigenvalue weighted by atomic mass is 16.1. The maximum Gasteiger partial charge on any atom is 0.153 e. The lowest BCUT2D eigenvalue weighted by molar-refractivity contribution is -0.126. The number of carbonyl (C=O) groups excluding carboxylic acids is 1. The summed E-state index contributed by atoms with van der Waals surface area (Å²) in [6.45, 7) is 15.9. The molecule has 88 valence electrons. The van der Waals surface area contributed by atoms with Crippen molar-refractivity contribution < 1.29 is 4.79 Å². The van der Waals surface area contributed by atoms with E-state index in [2.05, 4.69) is 25.7 Å². The van der Waals surface area contributed by atoms with Gasteiger partial charge in [0, 0.05) is 17.4 Å². The molecule has 0 aromatic heterocycles. The highest BCUT2D eigenvalue weighted by Crippen LogP contribution is 2.25. The molecule has 0 radical (unpaired) electrons. The van der Waals surface area contributed by atoms with Crippen molar-refractivity contribution in [3.8, 4) is 0 Å². The maximum absolute atomic E-state index is 12.1. The number of ketones is 1. The number of nitrogens with one attached hydrogen (secondary N) is 1. The van der Waals surface area contributed by atoms with Crippen molar-refractivity contribution in [1.82, 2.24) is 5.32 Å². The molecule has 15 heavy (non-hydrogen) atoms. The summed E-state index contributed by atoms with van der Waals surface area (Å²) in [6, 6.07) is 0.159. The summed E-state index contributed by atoms with van der Waals surface area (Å²) < 4.78 is 0. The minimum absolute atomic E-state index is 0.0560. The van der Waals surface area contributed by atoms with E-state index in [4.69, 9.17) is 0 Å². The van der Waals surface area contributed by atoms with E-state index in [0.717, 1.165) is 0 Å². The summed E-state index contributed by atoms with van der Waals surface area (Å²) in [6.07, 6.45) is 1.85. The van der Waals surface area contributed by atoms with Gasteiger partial charge in [0.05, 0.1) is 6.04 Å². The second-order valence-electron chi connectivity index (χ2n) is 5.34. The molecule has 0 fully saturated rings. The Balaban J connectivity index is 4.88. The van der Waals surface area contributed by atoms with Gasteiger partial charge >= 0.3 is 0 Å². The fourth-order valence-electron chi connectivity index (χ4n) is 1.45. The Hall–Kier alpha value is -0.630. The van der Waals surface area contributed by atoms with Gasteiger partial charge in [0.2, 0.25) is 0 Å². The van der Waals surface area contributed by atoms with Gasteiger partial charge in [-0.05, 0) is 0 Å². The Morgan fingerprint density at radius 3 is 2.00 bits per heavy atom. The Labute approximate surface area is 94.1 Å². The molecule has 0 aromatic carbocycles. The highest BCUT2D eigenvalue weighted by Gasteiger charge is 2.33. The van der Waals surface area contributed by atoms with Crippen LogP contribution in [0.15, 0.2) is 12.7 Å². The van der Waals surface area contributed by atoms with Crippen LogP contribution in [0.4, 0.5) is 0 Å². The van der Waals surface area contributed by atoms with Crippen molar-refractivity contribution in [2.24, 2.45) is 11.3 Å². The summed E-state index contributed by atoms with van der Waals surface area (Å²) in [4.78, 5) is 12.1. The van der Waals surface area contributed by atoms with E-state index in [-0.39, 0.29) is 23.2 Å². The van der Waals surface area contributed by atoms with Gasteiger partial charge in [-0.15, -0.1) is 6.58 Å². The van der Waals surface area contributed by atoms with E-state index >= 15 is 0 Å². The summed E-state index contributed by atoms with van der Waals surface area (Å²) in [7, 11) is 0. The minimum atomic E-state index is -0.203. The number of hydrogen-bond acceptors (Lipinski definition) is 2. The third kappa shape index (κ3) is 4.17. The lowest BCUT2D eigenvalue weighted by Crippen LogP contribution is -2.51. The van der Waals surface area contributed by atoms with Gasteiger partial charge in [-0.3, -0.25) is 4.79 Å². The number of rotatable bonds is 6. The summed E-state index contributed by atoms with van der Waals surface area (Å²) in [5.74, 6) is 0.314. The third-order valence-corrected chi connectivity index (χ3v) is 2.62. The summed E-state index contributed by atoms with van der Waals surface area (Å²) >= 11 is 0. The molecule has 0 heterocycles. The summed E-state index contributed by atoms with van der Waals surface area (Å²) in [5, 5.41) is 3.33. The first-order valence-corrected chi connectivity index (χ1v) is 5.65. The predicted molar refractivity (Wildman–Crippen MR) is 65.9 cm³/mol. The molecular weight excluding hydrogens is 186 g/mol. The van der Waals surface area contributed by atoms with Crippen LogP contribution in [-0.2, 0) is 4.79 Å².